The molecule has 5 rings (SSSR count). The molecule has 1 unspecified atom stereocenters. The quantitative estimate of drug-likeness (QED) is 0.812. The molecule has 4 aliphatic rings. The van der Waals surface area contributed by atoms with E-state index in [1.807, 2.05) is 0 Å². The number of hydrogen-bond donors (Lipinski definition) is 0. The van der Waals surface area contributed by atoms with E-state index in [1.165, 1.54) is 71.0 Å². The molecule has 4 heterocycles. The van der Waals surface area contributed by atoms with Gasteiger partial charge in [0.15, 0.2) is 0 Å². The van der Waals surface area contributed by atoms with Gasteiger partial charge in [0.1, 0.15) is 0 Å². The lowest BCUT2D eigenvalue weighted by molar-refractivity contribution is -0.106. The second kappa shape index (κ2) is 6.46. The summed E-state index contributed by atoms with van der Waals surface area (Å²) in [6.45, 7) is 4.14. The molecule has 4 aliphatic heterocycles. The Morgan fingerprint density at radius 3 is 2.54 bits per heavy atom. The highest BCUT2D eigenvalue weighted by atomic mass is 15.3. The zero-order chi connectivity index (χ0) is 15.9. The number of nitrogens with zero attached hydrogens (tertiary/aromatic N) is 2. The van der Waals surface area contributed by atoms with Crippen LogP contribution in [0.15, 0.2) is 30.3 Å². The van der Waals surface area contributed by atoms with Gasteiger partial charge in [0.05, 0.1) is 0 Å². The first-order chi connectivity index (χ1) is 11.9. The smallest absolute Gasteiger partial charge is 0.0182 e. The van der Waals surface area contributed by atoms with E-state index < -0.39 is 0 Å². The fourth-order valence-electron chi connectivity index (χ4n) is 6.57. The van der Waals surface area contributed by atoms with Gasteiger partial charge < -0.3 is 0 Å². The molecule has 0 N–H and O–H groups in total. The summed E-state index contributed by atoms with van der Waals surface area (Å²) in [5.74, 6) is 1.87. The summed E-state index contributed by atoms with van der Waals surface area (Å²) in [7, 11) is 0. The summed E-state index contributed by atoms with van der Waals surface area (Å²) < 4.78 is 0. The lowest BCUT2D eigenvalue weighted by Gasteiger charge is -2.60. The molecule has 0 radical (unpaired) electrons. The van der Waals surface area contributed by atoms with E-state index in [-0.39, 0.29) is 0 Å². The highest BCUT2D eigenvalue weighted by Gasteiger charge is 2.51. The van der Waals surface area contributed by atoms with Crippen molar-refractivity contribution in [2.75, 3.05) is 19.6 Å². The van der Waals surface area contributed by atoms with Crippen molar-refractivity contribution in [3.05, 3.63) is 35.9 Å². The molecule has 0 spiro atoms. The zero-order valence-corrected chi connectivity index (χ0v) is 14.9. The molecule has 5 atom stereocenters. The van der Waals surface area contributed by atoms with Gasteiger partial charge in [-0.25, -0.2) is 0 Å². The fourth-order valence-corrected chi connectivity index (χ4v) is 6.57. The Labute approximate surface area is 147 Å². The van der Waals surface area contributed by atoms with Crippen LogP contribution in [-0.4, -0.2) is 47.6 Å². The van der Waals surface area contributed by atoms with Gasteiger partial charge in [-0.2, -0.15) is 0 Å². The lowest BCUT2D eigenvalue weighted by Crippen LogP contribution is -2.67. The maximum Gasteiger partial charge on any atom is 0.0182 e. The van der Waals surface area contributed by atoms with Crippen LogP contribution in [0.1, 0.15) is 50.5 Å². The molecule has 1 aromatic carbocycles. The van der Waals surface area contributed by atoms with Gasteiger partial charge in [0.2, 0.25) is 0 Å². The normalized spacial score (nSPS) is 39.9. The summed E-state index contributed by atoms with van der Waals surface area (Å²) in [6.07, 6.45) is 11.5. The SMILES string of the molecule is c1ccc(CC2[C@@H]3C[C@@H](CN4CCCC[C@H]34)[C@@H]3CCCCN23)cc1. The highest BCUT2D eigenvalue weighted by Crippen LogP contribution is 2.46. The third-order valence-electron chi connectivity index (χ3n) is 7.55. The third-order valence-corrected chi connectivity index (χ3v) is 7.55. The van der Waals surface area contributed by atoms with E-state index in [0.29, 0.717) is 0 Å². The summed E-state index contributed by atoms with van der Waals surface area (Å²) in [6, 6.07) is 13.9. The van der Waals surface area contributed by atoms with Crippen molar-refractivity contribution in [1.29, 1.82) is 0 Å². The largest absolute Gasteiger partial charge is 0.300 e. The van der Waals surface area contributed by atoms with Crippen LogP contribution < -0.4 is 0 Å². The summed E-state index contributed by atoms with van der Waals surface area (Å²) in [4.78, 5) is 5.90. The molecule has 130 valence electrons. The van der Waals surface area contributed by atoms with E-state index in [9.17, 15) is 0 Å². The van der Waals surface area contributed by atoms with E-state index in [4.69, 9.17) is 0 Å². The van der Waals surface area contributed by atoms with Gasteiger partial charge in [0, 0.05) is 24.7 Å². The van der Waals surface area contributed by atoms with Gasteiger partial charge in [-0.15, -0.1) is 0 Å². The molecule has 2 heteroatoms. The van der Waals surface area contributed by atoms with Crippen LogP contribution in [0.25, 0.3) is 0 Å². The van der Waals surface area contributed by atoms with Crippen molar-refractivity contribution in [1.82, 2.24) is 9.80 Å². The Balaban J connectivity index is 1.46. The number of benzene rings is 1. The van der Waals surface area contributed by atoms with Crippen molar-refractivity contribution in [2.45, 2.75) is 69.5 Å². The number of piperidine rings is 4. The fraction of sp³-hybridized carbons (Fsp3) is 0.727. The van der Waals surface area contributed by atoms with Gasteiger partial charge in [-0.1, -0.05) is 43.2 Å². The Morgan fingerprint density at radius 2 is 1.67 bits per heavy atom. The first-order valence-corrected chi connectivity index (χ1v) is 10.4. The molecular formula is C22H32N2. The predicted octanol–water partition coefficient (Wildman–Crippen LogP) is 3.96. The van der Waals surface area contributed by atoms with Crippen LogP contribution in [-0.2, 0) is 6.42 Å². The van der Waals surface area contributed by atoms with Crippen LogP contribution in [0.3, 0.4) is 0 Å². The Hall–Kier alpha value is -0.860. The molecule has 2 bridgehead atoms. The van der Waals surface area contributed by atoms with Crippen LogP contribution in [0, 0.1) is 11.8 Å². The summed E-state index contributed by atoms with van der Waals surface area (Å²) in [5, 5.41) is 0. The second-order valence-corrected chi connectivity index (χ2v) is 8.78. The van der Waals surface area contributed by atoms with Crippen LogP contribution in [0.4, 0.5) is 0 Å². The average Bonchev–Trinajstić information content (AvgIpc) is 2.66. The van der Waals surface area contributed by atoms with Crippen LogP contribution in [0.2, 0.25) is 0 Å². The van der Waals surface area contributed by atoms with Gasteiger partial charge in [-0.05, 0) is 69.0 Å². The predicted molar refractivity (Wildman–Crippen MR) is 99.1 cm³/mol. The van der Waals surface area contributed by atoms with Crippen LogP contribution in [0.5, 0.6) is 0 Å². The van der Waals surface area contributed by atoms with Crippen molar-refractivity contribution in [3.63, 3.8) is 0 Å². The highest BCUT2D eigenvalue weighted by molar-refractivity contribution is 5.18. The van der Waals surface area contributed by atoms with E-state index in [0.717, 1.165) is 30.0 Å². The van der Waals surface area contributed by atoms with Crippen molar-refractivity contribution >= 4 is 0 Å². The maximum atomic E-state index is 2.99. The van der Waals surface area contributed by atoms with Gasteiger partial charge in [0.25, 0.3) is 0 Å². The van der Waals surface area contributed by atoms with Crippen molar-refractivity contribution in [2.24, 2.45) is 11.8 Å². The van der Waals surface area contributed by atoms with E-state index in [1.54, 1.807) is 5.56 Å². The zero-order valence-electron chi connectivity index (χ0n) is 14.9. The maximum absolute atomic E-state index is 2.99. The average molecular weight is 325 g/mol. The van der Waals surface area contributed by atoms with Crippen molar-refractivity contribution in [3.8, 4) is 0 Å². The second-order valence-electron chi connectivity index (χ2n) is 8.78. The Kier molecular flexibility index (Phi) is 4.14. The Morgan fingerprint density at radius 1 is 0.875 bits per heavy atom. The first kappa shape index (κ1) is 15.4. The van der Waals surface area contributed by atoms with E-state index >= 15 is 0 Å². The first-order valence-electron chi connectivity index (χ1n) is 10.4. The molecule has 0 amide bonds. The topological polar surface area (TPSA) is 6.48 Å². The minimum absolute atomic E-state index is 0.792. The molecule has 4 fully saturated rings. The molecular weight excluding hydrogens is 292 g/mol. The molecule has 1 aromatic rings. The standard InChI is InChI=1S/C22H32N2/c1-2-8-17(9-3-1)14-22-19-15-18(20-10-5-7-13-24(20)22)16-23-12-6-4-11-21(19)23/h1-3,8-9,18-22H,4-7,10-16H2/t18-,19+,20-,21+,22?/m0/s1. The monoisotopic (exact) mass is 324 g/mol. The summed E-state index contributed by atoms with van der Waals surface area (Å²) >= 11 is 0. The molecule has 0 saturated carbocycles. The molecule has 24 heavy (non-hydrogen) atoms. The van der Waals surface area contributed by atoms with Crippen LogP contribution >= 0.6 is 0 Å². The third kappa shape index (κ3) is 2.63. The molecule has 0 aliphatic carbocycles. The molecule has 0 aromatic heterocycles. The minimum Gasteiger partial charge on any atom is -0.300 e. The van der Waals surface area contributed by atoms with E-state index in [2.05, 4.69) is 40.1 Å². The number of rotatable bonds is 2. The van der Waals surface area contributed by atoms with Gasteiger partial charge in [-0.3, -0.25) is 9.80 Å². The lowest BCUT2D eigenvalue weighted by atomic mass is 9.66. The number of hydrogen-bond acceptors (Lipinski definition) is 2. The van der Waals surface area contributed by atoms with Gasteiger partial charge >= 0.3 is 0 Å². The number of fused-ring (bicyclic) bond motifs is 6. The van der Waals surface area contributed by atoms with Crippen molar-refractivity contribution < 1.29 is 0 Å². The Bertz CT molecular complexity index is 554. The summed E-state index contributed by atoms with van der Waals surface area (Å²) in [5.41, 5.74) is 1.55. The minimum atomic E-state index is 0.792. The molecule has 4 saturated heterocycles. The molecule has 2 nitrogen and oxygen atoms in total.